The lowest BCUT2D eigenvalue weighted by Gasteiger charge is -2.31. The van der Waals surface area contributed by atoms with Crippen LogP contribution in [0, 0.1) is 0 Å². The van der Waals surface area contributed by atoms with Gasteiger partial charge in [0, 0.05) is 30.4 Å². The molecule has 3 aromatic rings. The average molecular weight is 525 g/mol. The van der Waals surface area contributed by atoms with Gasteiger partial charge in [-0.1, -0.05) is 0 Å². The molecule has 4 heterocycles. The highest BCUT2D eigenvalue weighted by Crippen LogP contribution is 2.23. The third kappa shape index (κ3) is 5.70. The molecule has 2 aliphatic carbocycles. The first-order valence-electron chi connectivity index (χ1n) is 13.2. The van der Waals surface area contributed by atoms with E-state index < -0.39 is 5.69 Å². The second-order valence-electron chi connectivity index (χ2n) is 10.2. The third-order valence-corrected chi connectivity index (χ3v) is 7.15. The molecule has 0 unspecified atom stereocenters. The fourth-order valence-corrected chi connectivity index (χ4v) is 4.95. The van der Waals surface area contributed by atoms with Crippen molar-refractivity contribution in [2.75, 3.05) is 38.2 Å². The number of aromatic amines is 2. The SMILES string of the molecule is O=C(CN1CCOCC1)NC1CCC(Nc2nc(=NC3CC3)n3nc/c(=C\c4[nH]c(=O)[nH]c4O)c3n2)CC1. The van der Waals surface area contributed by atoms with Gasteiger partial charge in [-0.2, -0.15) is 19.6 Å². The highest BCUT2D eigenvalue weighted by atomic mass is 16.5. The van der Waals surface area contributed by atoms with Crippen LogP contribution in [-0.2, 0) is 9.53 Å². The molecule has 3 aliphatic rings. The number of imidazole rings is 1. The van der Waals surface area contributed by atoms with Crippen LogP contribution in [0.1, 0.15) is 44.2 Å². The number of ether oxygens (including phenoxy) is 1. The van der Waals surface area contributed by atoms with Gasteiger partial charge in [-0.15, -0.1) is 0 Å². The van der Waals surface area contributed by atoms with E-state index in [0.717, 1.165) is 51.6 Å². The Labute approximate surface area is 217 Å². The Morgan fingerprint density at radius 2 is 1.89 bits per heavy atom. The first kappa shape index (κ1) is 24.6. The van der Waals surface area contributed by atoms with Crippen LogP contribution >= 0.6 is 0 Å². The lowest BCUT2D eigenvalue weighted by Crippen LogP contribution is -2.47. The van der Waals surface area contributed by atoms with Gasteiger partial charge in [0.15, 0.2) is 5.65 Å². The van der Waals surface area contributed by atoms with Gasteiger partial charge in [-0.3, -0.25) is 14.7 Å². The van der Waals surface area contributed by atoms with E-state index in [-0.39, 0.29) is 35.6 Å². The van der Waals surface area contributed by atoms with Crippen LogP contribution in [0.5, 0.6) is 5.88 Å². The smallest absolute Gasteiger partial charge is 0.326 e. The van der Waals surface area contributed by atoms with Crippen molar-refractivity contribution in [1.29, 1.82) is 0 Å². The number of H-pyrrole nitrogens is 2. The van der Waals surface area contributed by atoms with Gasteiger partial charge >= 0.3 is 5.69 Å². The van der Waals surface area contributed by atoms with E-state index in [9.17, 15) is 14.7 Å². The molecule has 1 saturated heterocycles. The molecule has 1 aliphatic heterocycles. The van der Waals surface area contributed by atoms with E-state index in [2.05, 4.69) is 35.6 Å². The van der Waals surface area contributed by atoms with E-state index >= 15 is 0 Å². The van der Waals surface area contributed by atoms with Crippen LogP contribution in [0.3, 0.4) is 0 Å². The summed E-state index contributed by atoms with van der Waals surface area (Å²) in [6, 6.07) is 0.566. The number of nitrogens with zero attached hydrogens (tertiary/aromatic N) is 6. The monoisotopic (exact) mass is 524 g/mol. The van der Waals surface area contributed by atoms with Gasteiger partial charge in [0.1, 0.15) is 5.69 Å². The highest BCUT2D eigenvalue weighted by molar-refractivity contribution is 5.78. The summed E-state index contributed by atoms with van der Waals surface area (Å²) in [7, 11) is 0. The molecule has 0 spiro atoms. The molecule has 0 aromatic carbocycles. The van der Waals surface area contributed by atoms with E-state index in [1.807, 2.05) is 0 Å². The molecule has 0 atom stereocenters. The molecule has 0 bridgehead atoms. The van der Waals surface area contributed by atoms with Crippen LogP contribution in [0.4, 0.5) is 5.95 Å². The minimum Gasteiger partial charge on any atom is -0.493 e. The fraction of sp³-hybridized carbons (Fsp3) is 0.583. The molecule has 14 heteroatoms. The van der Waals surface area contributed by atoms with Crippen molar-refractivity contribution in [3.63, 3.8) is 0 Å². The summed E-state index contributed by atoms with van der Waals surface area (Å²) in [5.74, 6) is 0.278. The number of amides is 1. The van der Waals surface area contributed by atoms with Gasteiger partial charge < -0.3 is 25.5 Å². The van der Waals surface area contributed by atoms with Crippen LogP contribution in [0.15, 0.2) is 16.0 Å². The van der Waals surface area contributed by atoms with Crippen molar-refractivity contribution in [3.05, 3.63) is 33.2 Å². The van der Waals surface area contributed by atoms with Crippen molar-refractivity contribution >= 4 is 23.6 Å². The number of aromatic hydroxyl groups is 1. The number of carbonyl (C=O) groups excluding carboxylic acids is 1. The van der Waals surface area contributed by atoms with E-state index in [4.69, 9.17) is 14.7 Å². The summed E-state index contributed by atoms with van der Waals surface area (Å²) in [5.41, 5.74) is 0.732. The summed E-state index contributed by atoms with van der Waals surface area (Å²) in [4.78, 5) is 45.1. The van der Waals surface area contributed by atoms with Gasteiger partial charge in [-0.05, 0) is 44.6 Å². The molecular weight excluding hydrogens is 492 g/mol. The molecule has 38 heavy (non-hydrogen) atoms. The maximum absolute atomic E-state index is 12.5. The van der Waals surface area contributed by atoms with Crippen LogP contribution in [0.2, 0.25) is 0 Å². The molecule has 2 saturated carbocycles. The van der Waals surface area contributed by atoms with Crippen molar-refractivity contribution in [2.45, 2.75) is 56.7 Å². The Kier molecular flexibility index (Phi) is 6.81. The predicted molar refractivity (Wildman–Crippen MR) is 136 cm³/mol. The zero-order valence-electron chi connectivity index (χ0n) is 21.0. The second-order valence-corrected chi connectivity index (χ2v) is 10.2. The second kappa shape index (κ2) is 10.5. The number of morpholine rings is 1. The molecule has 6 rings (SSSR count). The van der Waals surface area contributed by atoms with Gasteiger partial charge in [0.05, 0.1) is 32.0 Å². The van der Waals surface area contributed by atoms with Crippen molar-refractivity contribution in [2.24, 2.45) is 4.99 Å². The Balaban J connectivity index is 1.15. The minimum atomic E-state index is -0.500. The van der Waals surface area contributed by atoms with Gasteiger partial charge in [-0.25, -0.2) is 9.79 Å². The number of carbonyl (C=O) groups is 1. The zero-order chi connectivity index (χ0) is 26.1. The van der Waals surface area contributed by atoms with Crippen LogP contribution < -0.4 is 27.2 Å². The van der Waals surface area contributed by atoms with Crippen LogP contribution in [0.25, 0.3) is 11.7 Å². The Bertz CT molecular complexity index is 1480. The first-order valence-corrected chi connectivity index (χ1v) is 13.2. The standard InChI is InChI=1S/C24H32N10O4/c35-19(13-33-7-9-38-10-8-33)26-15-1-3-16(4-2-15)27-22-30-20-14(11-18-21(36)31-24(37)29-18)12-25-34(20)23(32-22)28-17-5-6-17/h11-12,15-17,36H,1-10,13H2,(H,26,35)(H,27,28,32)(H2,29,31,37)/b14-11+. The molecule has 1 amide bonds. The molecule has 3 aromatic heterocycles. The zero-order valence-corrected chi connectivity index (χ0v) is 21.0. The molecule has 202 valence electrons. The number of fused-ring (bicyclic) bond motifs is 1. The van der Waals surface area contributed by atoms with E-state index in [0.29, 0.717) is 42.2 Å². The summed E-state index contributed by atoms with van der Waals surface area (Å²) < 4.78 is 6.93. The maximum Gasteiger partial charge on any atom is 0.326 e. The fourth-order valence-electron chi connectivity index (χ4n) is 4.95. The third-order valence-electron chi connectivity index (χ3n) is 7.15. The largest absolute Gasteiger partial charge is 0.493 e. The Morgan fingerprint density at radius 3 is 2.61 bits per heavy atom. The molecule has 3 fully saturated rings. The minimum absolute atomic E-state index is 0.0720. The van der Waals surface area contributed by atoms with Gasteiger partial charge in [0.2, 0.25) is 17.7 Å². The quantitative estimate of drug-likeness (QED) is 0.249. The first-order chi connectivity index (χ1) is 18.5. The average Bonchev–Trinajstić information content (AvgIpc) is 3.54. The van der Waals surface area contributed by atoms with Crippen molar-refractivity contribution in [3.8, 4) is 5.88 Å². The van der Waals surface area contributed by atoms with Crippen molar-refractivity contribution in [1.82, 2.24) is 39.8 Å². The maximum atomic E-state index is 12.5. The molecule has 5 N–H and O–H groups in total. The molecule has 0 radical (unpaired) electrons. The summed E-state index contributed by atoms with van der Waals surface area (Å²) in [5, 5.41) is 21.6. The van der Waals surface area contributed by atoms with Crippen LogP contribution in [-0.4, -0.2) is 96.4 Å². The van der Waals surface area contributed by atoms with E-state index in [1.54, 1.807) is 16.8 Å². The Hall–Kier alpha value is -3.78. The summed E-state index contributed by atoms with van der Waals surface area (Å²) >= 11 is 0. The number of nitrogens with one attached hydrogen (secondary N) is 4. The predicted octanol–water partition coefficient (Wildman–Crippen LogP) is -1.37. The number of rotatable bonds is 7. The normalized spacial score (nSPS) is 23.7. The summed E-state index contributed by atoms with van der Waals surface area (Å²) in [6.07, 6.45) is 8.77. The lowest BCUT2D eigenvalue weighted by atomic mass is 9.91. The topological polar surface area (TPSA) is 178 Å². The molecule has 14 nitrogen and oxygen atoms in total. The lowest BCUT2D eigenvalue weighted by molar-refractivity contribution is -0.124. The number of hydrogen-bond donors (Lipinski definition) is 5. The molecular formula is C24H32N10O4. The summed E-state index contributed by atoms with van der Waals surface area (Å²) in [6.45, 7) is 3.37. The Morgan fingerprint density at radius 1 is 1.13 bits per heavy atom. The number of hydrogen-bond acceptors (Lipinski definition) is 10. The van der Waals surface area contributed by atoms with Crippen molar-refractivity contribution < 1.29 is 14.6 Å². The highest BCUT2D eigenvalue weighted by Gasteiger charge is 2.25. The number of aromatic nitrogens is 6. The number of anilines is 1. The van der Waals surface area contributed by atoms with Gasteiger partial charge in [0.25, 0.3) is 5.62 Å². The van der Waals surface area contributed by atoms with E-state index in [1.165, 1.54) is 0 Å².